The lowest BCUT2D eigenvalue weighted by molar-refractivity contribution is -0.114. The maximum Gasteiger partial charge on any atom is 0.186 e. The van der Waals surface area contributed by atoms with Crippen LogP contribution in [0.15, 0.2) is 136 Å². The molecule has 0 amide bonds. The van der Waals surface area contributed by atoms with Crippen molar-refractivity contribution in [1.82, 2.24) is 0 Å². The van der Waals surface area contributed by atoms with Crippen molar-refractivity contribution in [2.75, 3.05) is 0 Å². The van der Waals surface area contributed by atoms with Gasteiger partial charge in [-0.25, -0.2) is 0 Å². The lowest BCUT2D eigenvalue weighted by atomic mass is 9.72. The third-order valence-electron chi connectivity index (χ3n) is 8.41. The molecule has 6 nitrogen and oxygen atoms in total. The molecule has 0 heterocycles. The molecule has 0 unspecified atom stereocenters. The Bertz CT molecular complexity index is 1760. The quantitative estimate of drug-likeness (QED) is 0.282. The van der Waals surface area contributed by atoms with Crippen LogP contribution in [0.2, 0.25) is 0 Å². The predicted octanol–water partition coefficient (Wildman–Crippen LogP) is 13.9. The molecule has 0 aliphatic heterocycles. The van der Waals surface area contributed by atoms with Crippen LogP contribution in [0, 0.1) is 21.7 Å². The molecule has 4 rings (SSSR count). The van der Waals surface area contributed by atoms with Crippen LogP contribution in [-0.4, -0.2) is 11.6 Å². The second kappa shape index (κ2) is 14.5. The highest BCUT2D eigenvalue weighted by Crippen LogP contribution is 2.41. The fourth-order valence-electron chi connectivity index (χ4n) is 5.57. The molecule has 2 aromatic rings. The van der Waals surface area contributed by atoms with Gasteiger partial charge < -0.3 is 0 Å². The number of allylic oxidation sites excluding steroid dienone is 10. The summed E-state index contributed by atoms with van der Waals surface area (Å²) in [5.41, 5.74) is 6.98. The van der Waals surface area contributed by atoms with E-state index in [1.807, 2.05) is 60.7 Å². The summed E-state index contributed by atoms with van der Waals surface area (Å²) < 4.78 is 1.73. The molecule has 0 N–H and O–H groups in total. The van der Waals surface area contributed by atoms with Gasteiger partial charge in [0.05, 0.1) is 23.8 Å². The van der Waals surface area contributed by atoms with Crippen LogP contribution in [0.4, 0.5) is 11.4 Å². The molecule has 0 fully saturated rings. The van der Waals surface area contributed by atoms with Crippen molar-refractivity contribution in [3.05, 3.63) is 115 Å². The molecule has 0 aromatic heterocycles. The van der Waals surface area contributed by atoms with Gasteiger partial charge >= 0.3 is 0 Å². The molecule has 0 radical (unpaired) electrons. The van der Waals surface area contributed by atoms with Crippen molar-refractivity contribution in [1.29, 1.82) is 0 Å². The second-order valence-electron chi connectivity index (χ2n) is 16.9. The van der Waals surface area contributed by atoms with E-state index in [9.17, 15) is 9.59 Å². The van der Waals surface area contributed by atoms with Gasteiger partial charge in [-0.2, -0.15) is 20.5 Å². The second-order valence-corrected chi connectivity index (χ2v) is 18.6. The zero-order chi connectivity index (χ0) is 37.4. The van der Waals surface area contributed by atoms with E-state index in [1.54, 1.807) is 12.4 Å². The predicted molar refractivity (Wildman–Crippen MR) is 213 cm³/mol. The number of benzene rings is 2. The van der Waals surface area contributed by atoms with Gasteiger partial charge in [-0.05, 0) is 92.5 Å². The number of rotatable bonds is 5. The Kier molecular flexibility index (Phi) is 11.4. The molecule has 8 heteroatoms. The third-order valence-corrected chi connectivity index (χ3v) is 9.72. The summed E-state index contributed by atoms with van der Waals surface area (Å²) in [6, 6.07) is 11.7. The van der Waals surface area contributed by atoms with Gasteiger partial charge in [0.15, 0.2) is 11.6 Å². The van der Waals surface area contributed by atoms with Gasteiger partial charge in [0.1, 0.15) is 0 Å². The molecule has 2 aliphatic rings. The van der Waals surface area contributed by atoms with Gasteiger partial charge in [0.2, 0.25) is 0 Å². The van der Waals surface area contributed by atoms with Gasteiger partial charge in [-0.15, -0.1) is 0 Å². The van der Waals surface area contributed by atoms with Crippen molar-refractivity contribution >= 4 is 54.8 Å². The molecule has 0 saturated carbocycles. The Labute approximate surface area is 314 Å². The van der Waals surface area contributed by atoms with E-state index < -0.39 is 0 Å². The minimum absolute atomic E-state index is 0.0932. The van der Waals surface area contributed by atoms with Crippen LogP contribution in [0.5, 0.6) is 0 Å². The van der Waals surface area contributed by atoms with Crippen molar-refractivity contribution in [2.24, 2.45) is 42.1 Å². The number of carbonyl (C=O) groups excluding carboxylic acids is 2. The number of nitrogens with zero attached hydrogens (tertiary/aromatic N) is 4. The molecule has 262 valence electrons. The van der Waals surface area contributed by atoms with E-state index in [-0.39, 0.29) is 33.2 Å². The fourth-order valence-corrected chi connectivity index (χ4v) is 6.73. The Morgan fingerprint density at radius 1 is 0.480 bits per heavy atom. The summed E-state index contributed by atoms with van der Waals surface area (Å²) in [4.78, 5) is 26.5. The summed E-state index contributed by atoms with van der Waals surface area (Å²) in [5, 5.41) is 17.6. The molecule has 2 aromatic carbocycles. The van der Waals surface area contributed by atoms with Gasteiger partial charge in [-0.3, -0.25) is 9.59 Å². The number of halogens is 2. The van der Waals surface area contributed by atoms with Gasteiger partial charge in [-0.1, -0.05) is 127 Å². The van der Waals surface area contributed by atoms with Crippen LogP contribution < -0.4 is 0 Å². The van der Waals surface area contributed by atoms with E-state index in [2.05, 4.69) is 135 Å². The minimum atomic E-state index is -0.286. The maximum atomic E-state index is 13.2. The molecule has 0 bridgehead atoms. The van der Waals surface area contributed by atoms with Crippen molar-refractivity contribution in [2.45, 2.75) is 83.1 Å². The lowest BCUT2D eigenvalue weighted by Crippen LogP contribution is -2.27. The highest BCUT2D eigenvalue weighted by molar-refractivity contribution is 9.11. The van der Waals surface area contributed by atoms with E-state index in [4.69, 9.17) is 0 Å². The maximum absolute atomic E-state index is 13.2. The summed E-state index contributed by atoms with van der Waals surface area (Å²) in [6.45, 7) is 24.6. The van der Waals surface area contributed by atoms with Gasteiger partial charge in [0.25, 0.3) is 0 Å². The van der Waals surface area contributed by atoms with Crippen LogP contribution in [0.1, 0.15) is 83.1 Å². The standard InChI is InChI=1S/C42H48Br2N4O2/c1-39(2,3)31-17-25(18-32(37(31)49)40(4,5)6)23-45-47-27-13-15-29(35(43)21-27)30-16-14-28(22-36(30)44)48-46-24-26-19-33(41(7,8)9)38(50)34(20-26)42(10,11)12/h13-24H,1-12H3/b47-45+,48-46+. The van der Waals surface area contributed by atoms with Crippen molar-refractivity contribution in [3.63, 3.8) is 0 Å². The number of hydrogen-bond acceptors (Lipinski definition) is 6. The van der Waals surface area contributed by atoms with Gasteiger partial charge in [0, 0.05) is 31.2 Å². The molecule has 0 atom stereocenters. The van der Waals surface area contributed by atoms with Crippen molar-refractivity contribution in [3.8, 4) is 11.1 Å². The summed E-state index contributed by atoms with van der Waals surface area (Å²) >= 11 is 7.44. The highest BCUT2D eigenvalue weighted by atomic mass is 79.9. The number of Topliss-reactive ketones (excluding diaryl/α,β-unsaturated/α-hetero) is 2. The van der Waals surface area contributed by atoms with E-state index in [0.717, 1.165) is 53.5 Å². The van der Waals surface area contributed by atoms with Crippen molar-refractivity contribution < 1.29 is 9.59 Å². The first-order valence-corrected chi connectivity index (χ1v) is 18.3. The van der Waals surface area contributed by atoms with E-state index in [1.165, 1.54) is 0 Å². The first-order chi connectivity index (χ1) is 23.0. The van der Waals surface area contributed by atoms with Crippen LogP contribution in [0.3, 0.4) is 0 Å². The number of carbonyl (C=O) groups is 2. The molecule has 0 saturated heterocycles. The topological polar surface area (TPSA) is 83.6 Å². The van der Waals surface area contributed by atoms with Crippen LogP contribution >= 0.6 is 31.9 Å². The number of azo groups is 2. The summed E-state index contributed by atoms with van der Waals surface area (Å²) in [5.74, 6) is 0.186. The average Bonchev–Trinajstić information content (AvgIpc) is 2.97. The van der Waals surface area contributed by atoms with Crippen LogP contribution in [0.25, 0.3) is 11.1 Å². The Morgan fingerprint density at radius 3 is 1.00 bits per heavy atom. The number of hydrogen-bond donors (Lipinski definition) is 0. The van der Waals surface area contributed by atoms with Crippen LogP contribution in [-0.2, 0) is 9.59 Å². The Morgan fingerprint density at radius 2 is 0.760 bits per heavy atom. The number of ketones is 2. The summed E-state index contributed by atoms with van der Waals surface area (Å²) in [7, 11) is 0. The van der Waals surface area contributed by atoms with E-state index >= 15 is 0 Å². The largest absolute Gasteiger partial charge is 0.289 e. The monoisotopic (exact) mass is 798 g/mol. The average molecular weight is 801 g/mol. The normalized spacial score (nSPS) is 16.5. The smallest absolute Gasteiger partial charge is 0.186 e. The summed E-state index contributed by atoms with van der Waals surface area (Å²) in [6.07, 6.45) is 11.1. The fraction of sp³-hybridized carbons (Fsp3) is 0.381. The Balaban J connectivity index is 1.55. The SMILES string of the molecule is CC(C)(C)C1=CC(=C/N=N/c2ccc(-c3ccc(/N=N/C=C4C=C(C(C)(C)C)C(=O)C(C(C)(C)C)=C4)cc3Br)c(Br)c2)C=C(C(C)(C)C)C1=O. The molecular formula is C42H48Br2N4O2. The third kappa shape index (κ3) is 9.38. The zero-order valence-electron chi connectivity index (χ0n) is 31.3. The zero-order valence-corrected chi connectivity index (χ0v) is 34.5. The minimum Gasteiger partial charge on any atom is -0.289 e. The van der Waals surface area contributed by atoms with E-state index in [0.29, 0.717) is 11.4 Å². The first-order valence-electron chi connectivity index (χ1n) is 16.8. The molecule has 50 heavy (non-hydrogen) atoms. The molecule has 2 aliphatic carbocycles. The molecular weight excluding hydrogens is 752 g/mol. The lowest BCUT2D eigenvalue weighted by Gasteiger charge is -2.31. The molecule has 0 spiro atoms. The first kappa shape index (κ1) is 39.2. The highest BCUT2D eigenvalue weighted by Gasteiger charge is 2.35. The Hall–Kier alpha value is -3.62.